The van der Waals surface area contributed by atoms with Crippen molar-refractivity contribution in [3.8, 4) is 0 Å². The van der Waals surface area contributed by atoms with Crippen molar-refractivity contribution >= 4 is 23.0 Å². The van der Waals surface area contributed by atoms with Crippen LogP contribution < -0.4 is 15.5 Å². The molecule has 0 radical (unpaired) electrons. The molecule has 0 atom stereocenters. The molecule has 5 nitrogen and oxygen atoms in total. The van der Waals surface area contributed by atoms with Crippen molar-refractivity contribution in [1.82, 2.24) is 0 Å². The largest absolute Gasteiger partial charge is 0.387 e. The number of nitrogens with one attached hydrogen (secondary N) is 2. The average Bonchev–Trinajstić information content (AvgIpc) is 3.15. The van der Waals surface area contributed by atoms with Gasteiger partial charge in [0.25, 0.3) is 0 Å². The van der Waals surface area contributed by atoms with Crippen LogP contribution in [0.25, 0.3) is 0 Å². The van der Waals surface area contributed by atoms with Crippen LogP contribution in [0, 0.1) is 5.82 Å². The van der Waals surface area contributed by atoms with Gasteiger partial charge in [-0.25, -0.2) is 4.39 Å². The van der Waals surface area contributed by atoms with E-state index in [0.717, 1.165) is 37.3 Å². The van der Waals surface area contributed by atoms with Crippen LogP contribution in [0.1, 0.15) is 18.4 Å². The molecule has 1 fully saturated rings. The van der Waals surface area contributed by atoms with Crippen LogP contribution >= 0.6 is 0 Å². The number of aliphatic hydroxyl groups is 1. The summed E-state index contributed by atoms with van der Waals surface area (Å²) in [5.41, 5.74) is 2.94. The number of hydrogen-bond donors (Lipinski definition) is 3. The van der Waals surface area contributed by atoms with Gasteiger partial charge in [-0.15, -0.1) is 0 Å². The number of nitrogens with zero attached hydrogens (tertiary/aromatic N) is 1. The zero-order valence-electron chi connectivity index (χ0n) is 14.0. The van der Waals surface area contributed by atoms with Crippen molar-refractivity contribution in [3.05, 3.63) is 53.8 Å². The first kappa shape index (κ1) is 17.2. The predicted molar refractivity (Wildman–Crippen MR) is 97.3 cm³/mol. The smallest absolute Gasteiger partial charge is 0.250 e. The minimum atomic E-state index is -0.563. The Morgan fingerprint density at radius 1 is 1.12 bits per heavy atom. The van der Waals surface area contributed by atoms with Crippen molar-refractivity contribution in [2.75, 3.05) is 35.2 Å². The van der Waals surface area contributed by atoms with E-state index in [9.17, 15) is 9.18 Å². The monoisotopic (exact) mass is 343 g/mol. The van der Waals surface area contributed by atoms with E-state index >= 15 is 0 Å². The lowest BCUT2D eigenvalue weighted by Gasteiger charge is -2.22. The van der Waals surface area contributed by atoms with Crippen LogP contribution in [0.4, 0.5) is 21.5 Å². The highest BCUT2D eigenvalue weighted by Crippen LogP contribution is 2.27. The number of benzene rings is 2. The summed E-state index contributed by atoms with van der Waals surface area (Å²) in [6.07, 6.45) is 2.27. The third kappa shape index (κ3) is 4.28. The Labute approximate surface area is 146 Å². The SMILES string of the molecule is O=C(CO)Nc1cccc(NCc2c(F)cccc2N2CCCC2)c1. The fourth-order valence-electron chi connectivity index (χ4n) is 3.07. The van der Waals surface area contributed by atoms with E-state index in [0.29, 0.717) is 17.8 Å². The normalized spacial score (nSPS) is 13.8. The van der Waals surface area contributed by atoms with E-state index in [2.05, 4.69) is 15.5 Å². The molecule has 25 heavy (non-hydrogen) atoms. The summed E-state index contributed by atoms with van der Waals surface area (Å²) in [6, 6.07) is 12.3. The van der Waals surface area contributed by atoms with Crippen molar-refractivity contribution in [2.45, 2.75) is 19.4 Å². The number of hydrogen-bond acceptors (Lipinski definition) is 4. The van der Waals surface area contributed by atoms with Gasteiger partial charge >= 0.3 is 0 Å². The van der Waals surface area contributed by atoms with Gasteiger partial charge in [0.1, 0.15) is 12.4 Å². The van der Waals surface area contributed by atoms with Crippen LogP contribution in [0.3, 0.4) is 0 Å². The molecule has 0 aliphatic carbocycles. The second-order valence-electron chi connectivity index (χ2n) is 6.07. The maximum Gasteiger partial charge on any atom is 0.250 e. The molecule has 1 aliphatic heterocycles. The zero-order chi connectivity index (χ0) is 17.6. The molecule has 3 rings (SSSR count). The van der Waals surface area contributed by atoms with Crippen LogP contribution in [-0.4, -0.2) is 30.7 Å². The molecule has 2 aromatic carbocycles. The van der Waals surface area contributed by atoms with Gasteiger partial charge in [-0.1, -0.05) is 12.1 Å². The minimum Gasteiger partial charge on any atom is -0.387 e. The first-order valence-corrected chi connectivity index (χ1v) is 8.44. The minimum absolute atomic E-state index is 0.221. The van der Waals surface area contributed by atoms with Crippen molar-refractivity contribution in [3.63, 3.8) is 0 Å². The molecule has 1 heterocycles. The predicted octanol–water partition coefficient (Wildman–Crippen LogP) is 2.97. The maximum atomic E-state index is 14.4. The van der Waals surface area contributed by atoms with Crippen molar-refractivity contribution in [1.29, 1.82) is 0 Å². The molecule has 0 bridgehead atoms. The van der Waals surface area contributed by atoms with Gasteiger partial charge in [0.2, 0.25) is 5.91 Å². The summed E-state index contributed by atoms with van der Waals surface area (Å²) in [7, 11) is 0. The van der Waals surface area contributed by atoms with Crippen LogP contribution in [0.5, 0.6) is 0 Å². The second-order valence-corrected chi connectivity index (χ2v) is 6.07. The van der Waals surface area contributed by atoms with E-state index in [1.165, 1.54) is 6.07 Å². The van der Waals surface area contributed by atoms with E-state index in [4.69, 9.17) is 5.11 Å². The summed E-state index contributed by atoms with van der Waals surface area (Å²) < 4.78 is 14.4. The summed E-state index contributed by atoms with van der Waals surface area (Å²) in [5.74, 6) is -0.691. The van der Waals surface area contributed by atoms with E-state index in [1.807, 2.05) is 12.1 Å². The molecule has 1 amide bonds. The standard InChI is InChI=1S/C19H22FN3O2/c20-17-7-4-8-18(23-9-1-2-10-23)16(17)12-21-14-5-3-6-15(11-14)22-19(25)13-24/h3-8,11,21,24H,1-2,9-10,12-13H2,(H,22,25). The molecular formula is C19H22FN3O2. The molecule has 1 saturated heterocycles. The lowest BCUT2D eigenvalue weighted by molar-refractivity contribution is -0.118. The van der Waals surface area contributed by atoms with Crippen molar-refractivity contribution < 1.29 is 14.3 Å². The molecule has 0 saturated carbocycles. The number of halogens is 1. The number of rotatable bonds is 6. The number of anilines is 3. The molecule has 1 aliphatic rings. The third-order valence-corrected chi connectivity index (χ3v) is 4.30. The zero-order valence-corrected chi connectivity index (χ0v) is 14.0. The topological polar surface area (TPSA) is 64.6 Å². The van der Waals surface area contributed by atoms with Gasteiger partial charge in [0.15, 0.2) is 0 Å². The van der Waals surface area contributed by atoms with E-state index in [1.54, 1.807) is 24.3 Å². The summed E-state index contributed by atoms with van der Waals surface area (Å²) >= 11 is 0. The van der Waals surface area contributed by atoms with E-state index < -0.39 is 12.5 Å². The molecule has 2 aromatic rings. The molecule has 3 N–H and O–H groups in total. The fourth-order valence-corrected chi connectivity index (χ4v) is 3.07. The van der Waals surface area contributed by atoms with Crippen LogP contribution in [0.15, 0.2) is 42.5 Å². The number of amides is 1. The van der Waals surface area contributed by atoms with E-state index in [-0.39, 0.29) is 5.82 Å². The molecule has 0 spiro atoms. The third-order valence-electron chi connectivity index (χ3n) is 4.30. The van der Waals surface area contributed by atoms with Gasteiger partial charge < -0.3 is 20.6 Å². The first-order chi connectivity index (χ1) is 12.2. The molecule has 0 aromatic heterocycles. The number of carbonyl (C=O) groups excluding carboxylic acids is 1. The van der Waals surface area contributed by atoms with Gasteiger partial charge in [-0.3, -0.25) is 4.79 Å². The summed E-state index contributed by atoms with van der Waals surface area (Å²) in [5, 5.41) is 14.6. The highest BCUT2D eigenvalue weighted by Gasteiger charge is 2.17. The molecule has 6 heteroatoms. The Balaban J connectivity index is 1.73. The molecular weight excluding hydrogens is 321 g/mol. The molecule has 132 valence electrons. The van der Waals surface area contributed by atoms with Gasteiger partial charge in [0.05, 0.1) is 0 Å². The number of aliphatic hydroxyl groups excluding tert-OH is 1. The number of carbonyl (C=O) groups is 1. The Kier molecular flexibility index (Phi) is 5.50. The lowest BCUT2D eigenvalue weighted by Crippen LogP contribution is -2.20. The van der Waals surface area contributed by atoms with Crippen LogP contribution in [-0.2, 0) is 11.3 Å². The lowest BCUT2D eigenvalue weighted by atomic mass is 10.1. The fraction of sp³-hybridized carbons (Fsp3) is 0.316. The Morgan fingerprint density at radius 3 is 2.60 bits per heavy atom. The highest BCUT2D eigenvalue weighted by atomic mass is 19.1. The molecule has 0 unspecified atom stereocenters. The Bertz CT molecular complexity index is 745. The Hall–Kier alpha value is -2.60. The Morgan fingerprint density at radius 2 is 1.84 bits per heavy atom. The summed E-state index contributed by atoms with van der Waals surface area (Å²) in [4.78, 5) is 13.5. The van der Waals surface area contributed by atoms with Gasteiger partial charge in [0, 0.05) is 42.3 Å². The quantitative estimate of drug-likeness (QED) is 0.754. The first-order valence-electron chi connectivity index (χ1n) is 8.44. The van der Waals surface area contributed by atoms with Crippen molar-refractivity contribution in [2.24, 2.45) is 0 Å². The van der Waals surface area contributed by atoms with Crippen LogP contribution in [0.2, 0.25) is 0 Å². The van der Waals surface area contributed by atoms with Gasteiger partial charge in [-0.2, -0.15) is 0 Å². The highest BCUT2D eigenvalue weighted by molar-refractivity contribution is 5.91. The second kappa shape index (κ2) is 7.98. The van der Waals surface area contributed by atoms with Gasteiger partial charge in [-0.05, 0) is 43.2 Å². The average molecular weight is 343 g/mol. The maximum absolute atomic E-state index is 14.4. The summed E-state index contributed by atoms with van der Waals surface area (Å²) in [6.45, 7) is 1.71.